The molecule has 532 valence electrons. The number of carbonyl (C=O) groups excluding carboxylic acids is 3. The average molecular weight is 1360 g/mol. The van der Waals surface area contributed by atoms with Gasteiger partial charge >= 0.3 is 22.3 Å². The van der Waals surface area contributed by atoms with Gasteiger partial charge in [0, 0.05) is 31.8 Å². The van der Waals surface area contributed by atoms with Crippen LogP contribution in [0, 0.1) is 45.3 Å². The second-order valence-corrected chi connectivity index (χ2v) is 29.6. The van der Waals surface area contributed by atoms with Gasteiger partial charge in [-0.1, -0.05) is 53.2 Å². The quantitative estimate of drug-likeness (QED) is 0.0347. The third-order valence-electron chi connectivity index (χ3n) is 22.8. The number of ketones is 1. The highest BCUT2D eigenvalue weighted by Crippen LogP contribution is 2.77. The van der Waals surface area contributed by atoms with E-state index in [-0.39, 0.29) is 30.0 Å². The SMILES string of the molecule is CCC(C)C(=O)CC1(C)OC(=O)C23CCC4C(=CCC5C(C)(C)C(OC6OCC(OS(=O)(=O)O)C(O)C6OC6OC(C)C(OC7OC(CO)C(O)C(OC8OC(CO)C(O)C(OC)C8O)C7O)C(O)C6OC6OCC(O)C(O)C6O)CCC45C)C2(C)CC(OC(C)=O)C13. The molecule has 6 aliphatic heterocycles. The molecule has 0 aromatic carbocycles. The first-order chi connectivity index (χ1) is 43.5. The summed E-state index contributed by atoms with van der Waals surface area (Å²) in [5, 5.41) is 122. The molecule has 6 saturated heterocycles. The van der Waals surface area contributed by atoms with Gasteiger partial charge in [0.2, 0.25) is 0 Å². The van der Waals surface area contributed by atoms with Crippen molar-refractivity contribution in [1.82, 2.24) is 0 Å². The molecule has 10 rings (SSSR count). The summed E-state index contributed by atoms with van der Waals surface area (Å²) >= 11 is 0. The Hall–Kier alpha value is -2.66. The Bertz CT molecular complexity index is 2810. The number of fused-ring (bicyclic) bond motifs is 4. The molecule has 0 bridgehead atoms. The maximum atomic E-state index is 14.8. The van der Waals surface area contributed by atoms with Gasteiger partial charge in [-0.05, 0) is 81.5 Å². The number of aliphatic hydroxyl groups excluding tert-OH is 11. The molecule has 0 aromatic heterocycles. The van der Waals surface area contributed by atoms with E-state index in [1.54, 1.807) is 6.92 Å². The molecule has 10 aliphatic rings. The number of carbonyl (C=O) groups is 3. The molecule has 33 atom stereocenters. The van der Waals surface area contributed by atoms with E-state index in [0.717, 1.165) is 12.7 Å². The monoisotopic (exact) mass is 1360 g/mol. The van der Waals surface area contributed by atoms with E-state index in [9.17, 15) is 83.5 Å². The van der Waals surface area contributed by atoms with Gasteiger partial charge in [-0.3, -0.25) is 18.9 Å². The van der Waals surface area contributed by atoms with E-state index < -0.39 is 235 Å². The molecule has 12 N–H and O–H groups in total. The zero-order valence-electron chi connectivity index (χ0n) is 53.8. The molecule has 1 spiro atoms. The Balaban J connectivity index is 0.919. The van der Waals surface area contributed by atoms with Crippen LogP contribution in [0.5, 0.6) is 0 Å². The highest BCUT2D eigenvalue weighted by molar-refractivity contribution is 7.80. The van der Waals surface area contributed by atoms with E-state index >= 15 is 0 Å². The molecule has 31 nitrogen and oxygen atoms in total. The summed E-state index contributed by atoms with van der Waals surface area (Å²) in [7, 11) is -4.13. The number of rotatable bonds is 20. The molecule has 0 amide bonds. The number of aliphatic hydroxyl groups is 11. The van der Waals surface area contributed by atoms with Crippen LogP contribution in [-0.4, -0.2) is 280 Å². The minimum absolute atomic E-state index is 0.0203. The molecule has 9 fully saturated rings. The molecule has 93 heavy (non-hydrogen) atoms. The topological polar surface area (TPSA) is 457 Å². The van der Waals surface area contributed by atoms with Crippen molar-refractivity contribution >= 4 is 28.1 Å². The van der Waals surface area contributed by atoms with Crippen molar-refractivity contribution in [3.8, 4) is 0 Å². The first kappa shape index (κ1) is 73.1. The zero-order valence-corrected chi connectivity index (χ0v) is 54.7. The van der Waals surface area contributed by atoms with Gasteiger partial charge in [-0.15, -0.1) is 0 Å². The fraction of sp³-hybridized carbons (Fsp3) is 0.918. The maximum Gasteiger partial charge on any atom is 0.397 e. The van der Waals surface area contributed by atoms with Gasteiger partial charge in [-0.2, -0.15) is 8.42 Å². The smallest absolute Gasteiger partial charge is 0.397 e. The van der Waals surface area contributed by atoms with Crippen molar-refractivity contribution in [3.05, 3.63) is 11.6 Å². The summed E-state index contributed by atoms with van der Waals surface area (Å²) in [5.41, 5.74) is -3.30. The van der Waals surface area contributed by atoms with Crippen LogP contribution in [0.25, 0.3) is 0 Å². The van der Waals surface area contributed by atoms with E-state index in [0.29, 0.717) is 44.9 Å². The lowest BCUT2D eigenvalue weighted by molar-refractivity contribution is -0.403. The molecule has 0 radical (unpaired) electrons. The van der Waals surface area contributed by atoms with Gasteiger partial charge in [0.15, 0.2) is 31.5 Å². The summed E-state index contributed by atoms with van der Waals surface area (Å²) in [6.07, 6.45) is -37.1. The van der Waals surface area contributed by atoms with Crippen molar-refractivity contribution in [2.24, 2.45) is 45.3 Å². The predicted molar refractivity (Wildman–Crippen MR) is 309 cm³/mol. The summed E-state index contributed by atoms with van der Waals surface area (Å²) in [4.78, 5) is 41.3. The van der Waals surface area contributed by atoms with Crippen LogP contribution in [0.1, 0.15) is 114 Å². The number of hydrogen-bond donors (Lipinski definition) is 12. The Morgan fingerprint density at radius 1 is 0.688 bits per heavy atom. The van der Waals surface area contributed by atoms with Crippen LogP contribution < -0.4 is 0 Å². The molecule has 0 aromatic rings. The standard InChI is InChI=1S/C61H96O31S/c1-11-24(2)29(65)18-60(9)50-31(83-26(4)64)19-59(8)28-12-13-35-57(5,6)36(15-16-58(35,7)27(28)14-17-61(50,59)56(75)91-60)86-54-48(40(70)34(23-81-54)92-93(76,77)78)90-55-49(89-51-41(71)37(67)30(66)22-80-51)42(72)45(25(3)82-55)87-53-44(74)47(39(69)33(21-63)85-53)88-52-43(73)46(79-10)38(68)32(20-62)84-52/h12,24-25,27,30-55,62-63,66-74H,11,13-23H2,1-10H3,(H,76,77,78). The Morgan fingerprint density at radius 2 is 1.28 bits per heavy atom. The Morgan fingerprint density at radius 3 is 1.89 bits per heavy atom. The first-order valence-corrected chi connectivity index (χ1v) is 33.6. The lowest BCUT2D eigenvalue weighted by Crippen LogP contribution is -2.68. The van der Waals surface area contributed by atoms with Crippen LogP contribution in [0.4, 0.5) is 0 Å². The number of hydrogen-bond acceptors (Lipinski definition) is 30. The molecule has 6 heterocycles. The van der Waals surface area contributed by atoms with Crippen molar-refractivity contribution in [2.75, 3.05) is 33.5 Å². The first-order valence-electron chi connectivity index (χ1n) is 32.2. The number of ether oxygens (including phenoxy) is 13. The van der Waals surface area contributed by atoms with Gasteiger partial charge in [0.25, 0.3) is 0 Å². The van der Waals surface area contributed by atoms with Crippen LogP contribution in [0.15, 0.2) is 11.6 Å². The summed E-state index contributed by atoms with van der Waals surface area (Å²) in [6, 6.07) is 0. The van der Waals surface area contributed by atoms with Crippen molar-refractivity contribution < 1.29 is 149 Å². The second kappa shape index (κ2) is 27.5. The predicted octanol–water partition coefficient (Wildman–Crippen LogP) is -2.30. The molecule has 33 unspecified atom stereocenters. The average Bonchev–Trinajstić information content (AvgIpc) is 1.51. The Labute approximate surface area is 539 Å². The minimum atomic E-state index is -5.29. The van der Waals surface area contributed by atoms with Crippen molar-refractivity contribution in [2.45, 2.75) is 273 Å². The zero-order chi connectivity index (χ0) is 68.1. The van der Waals surface area contributed by atoms with Gasteiger partial charge in [0.1, 0.15) is 121 Å². The van der Waals surface area contributed by atoms with Crippen LogP contribution in [0.3, 0.4) is 0 Å². The normalized spacial score (nSPS) is 50.1. The summed E-state index contributed by atoms with van der Waals surface area (Å²) < 4.78 is 118. The summed E-state index contributed by atoms with van der Waals surface area (Å²) in [6.45, 7) is 13.6. The van der Waals surface area contributed by atoms with Crippen LogP contribution in [-0.2, 0) is 90.5 Å². The van der Waals surface area contributed by atoms with E-state index in [4.69, 9.17) is 65.8 Å². The third-order valence-corrected chi connectivity index (χ3v) is 23.3. The van der Waals surface area contributed by atoms with Crippen molar-refractivity contribution in [3.63, 3.8) is 0 Å². The molecule has 32 heteroatoms. The minimum Gasteiger partial charge on any atom is -0.462 e. The van der Waals surface area contributed by atoms with E-state index in [1.165, 1.54) is 13.8 Å². The lowest BCUT2D eigenvalue weighted by Gasteiger charge is -2.64. The Kier molecular flexibility index (Phi) is 21.6. The lowest BCUT2D eigenvalue weighted by atomic mass is 9.41. The van der Waals surface area contributed by atoms with Crippen LogP contribution in [0.2, 0.25) is 0 Å². The fourth-order valence-corrected chi connectivity index (χ4v) is 18.3. The van der Waals surface area contributed by atoms with E-state index in [1.807, 2.05) is 27.7 Å². The molecular formula is C61H96O31S. The number of methoxy groups -OCH3 is 1. The van der Waals surface area contributed by atoms with Gasteiger partial charge in [-0.25, -0.2) is 4.18 Å². The third kappa shape index (κ3) is 13.0. The van der Waals surface area contributed by atoms with Gasteiger partial charge < -0.3 is 118 Å². The largest absolute Gasteiger partial charge is 0.462 e. The summed E-state index contributed by atoms with van der Waals surface area (Å²) in [5.74, 6) is -2.05. The molecular weight excluding hydrogens is 1260 g/mol. The second-order valence-electron chi connectivity index (χ2n) is 28.5. The van der Waals surface area contributed by atoms with Gasteiger partial charge in [0.05, 0.1) is 50.0 Å². The number of Topliss-reactive ketones (excluding diaryl/α,β-unsaturated/α-hetero) is 1. The highest BCUT2D eigenvalue weighted by Gasteiger charge is 2.80. The van der Waals surface area contributed by atoms with Crippen molar-refractivity contribution in [1.29, 1.82) is 0 Å². The number of cyclic esters (lactones) is 1. The number of allylic oxidation sites excluding steroid dienone is 2. The number of esters is 2. The fourth-order valence-electron chi connectivity index (χ4n) is 17.8. The molecule has 3 saturated carbocycles. The van der Waals surface area contributed by atoms with Crippen LogP contribution >= 0.6 is 0 Å². The van der Waals surface area contributed by atoms with E-state index in [2.05, 4.69) is 19.9 Å². The maximum absolute atomic E-state index is 14.8. The highest BCUT2D eigenvalue weighted by atomic mass is 32.3. The molecule has 4 aliphatic carbocycles.